The normalized spacial score (nSPS) is 15.2. The number of hydrogen-bond donors (Lipinski definition) is 2. The molecule has 6 nitrogen and oxygen atoms in total. The summed E-state index contributed by atoms with van der Waals surface area (Å²) in [5.41, 5.74) is 0.655. The van der Waals surface area contributed by atoms with Gasteiger partial charge in [-0.1, -0.05) is 58.9 Å². The number of aliphatic hydroxyl groups is 1. The number of carboxylic acids is 1. The molecule has 4 unspecified atom stereocenters. The van der Waals surface area contributed by atoms with Crippen LogP contribution >= 0.6 is 0 Å². The summed E-state index contributed by atoms with van der Waals surface area (Å²) >= 11 is 0. The van der Waals surface area contributed by atoms with Crippen LogP contribution in [0, 0.1) is 17.8 Å². The Labute approximate surface area is 181 Å². The first-order valence-corrected chi connectivity index (χ1v) is 11.4. The fraction of sp³-hybridized carbons (Fsp3) is 0.708. The third-order valence-corrected chi connectivity index (χ3v) is 5.84. The predicted octanol–water partition coefficient (Wildman–Crippen LogP) is 4.81. The molecule has 0 aliphatic carbocycles. The summed E-state index contributed by atoms with van der Waals surface area (Å²) < 4.78 is 5.60. The second kappa shape index (κ2) is 14.9. The Hall–Kier alpha value is -1.95. The zero-order chi connectivity index (χ0) is 22.4. The van der Waals surface area contributed by atoms with Crippen LogP contribution in [0.1, 0.15) is 83.7 Å². The van der Waals surface area contributed by atoms with Gasteiger partial charge in [0.2, 0.25) is 0 Å². The molecular weight excluding hydrogens is 382 g/mol. The Bertz CT molecular complexity index is 607. The molecule has 1 heterocycles. The Morgan fingerprint density at radius 2 is 1.83 bits per heavy atom. The first-order valence-electron chi connectivity index (χ1n) is 11.4. The van der Waals surface area contributed by atoms with Crippen molar-refractivity contribution in [3.63, 3.8) is 0 Å². The molecule has 170 valence electrons. The van der Waals surface area contributed by atoms with Crippen molar-refractivity contribution in [2.24, 2.45) is 17.8 Å². The van der Waals surface area contributed by atoms with Gasteiger partial charge in [-0.3, -0.25) is 14.6 Å². The van der Waals surface area contributed by atoms with Crippen molar-refractivity contribution in [2.75, 3.05) is 13.2 Å². The van der Waals surface area contributed by atoms with E-state index in [0.29, 0.717) is 12.1 Å². The van der Waals surface area contributed by atoms with Gasteiger partial charge in [-0.2, -0.15) is 0 Å². The highest BCUT2D eigenvalue weighted by atomic mass is 16.5. The molecular formula is C24H39NO5. The second-order valence-corrected chi connectivity index (χ2v) is 8.15. The van der Waals surface area contributed by atoms with Crippen LogP contribution in [0.5, 0.6) is 0 Å². The zero-order valence-electron chi connectivity index (χ0n) is 18.8. The van der Waals surface area contributed by atoms with Crippen LogP contribution in [0.25, 0.3) is 0 Å². The van der Waals surface area contributed by atoms with E-state index in [9.17, 15) is 19.8 Å². The summed E-state index contributed by atoms with van der Waals surface area (Å²) in [6, 6.07) is 5.43. The number of hydrogen-bond acceptors (Lipinski definition) is 5. The molecule has 30 heavy (non-hydrogen) atoms. The summed E-state index contributed by atoms with van der Waals surface area (Å²) in [6.45, 7) is 5.85. The maximum Gasteiger partial charge on any atom is 0.306 e. The van der Waals surface area contributed by atoms with Crippen LogP contribution in [0.15, 0.2) is 24.4 Å². The summed E-state index contributed by atoms with van der Waals surface area (Å²) in [6.07, 6.45) is 8.85. The van der Waals surface area contributed by atoms with E-state index in [2.05, 4.69) is 11.9 Å². The van der Waals surface area contributed by atoms with Crippen LogP contribution in [0.3, 0.4) is 0 Å². The van der Waals surface area contributed by atoms with Crippen molar-refractivity contribution in [2.45, 2.75) is 78.1 Å². The van der Waals surface area contributed by atoms with Gasteiger partial charge in [0.25, 0.3) is 0 Å². The summed E-state index contributed by atoms with van der Waals surface area (Å²) in [5, 5.41) is 19.7. The number of aliphatic hydroxyl groups excluding tert-OH is 1. The van der Waals surface area contributed by atoms with Crippen molar-refractivity contribution < 1.29 is 24.5 Å². The minimum absolute atomic E-state index is 0.0806. The zero-order valence-corrected chi connectivity index (χ0v) is 18.8. The van der Waals surface area contributed by atoms with Crippen molar-refractivity contribution in [3.05, 3.63) is 30.1 Å². The lowest BCUT2D eigenvalue weighted by Gasteiger charge is -2.34. The first kappa shape index (κ1) is 26.1. The molecule has 0 saturated heterocycles. The average molecular weight is 422 g/mol. The highest BCUT2D eigenvalue weighted by Crippen LogP contribution is 2.38. The predicted molar refractivity (Wildman–Crippen MR) is 117 cm³/mol. The number of nitrogens with zero attached hydrogens (tertiary/aromatic N) is 1. The van der Waals surface area contributed by atoms with Gasteiger partial charge in [-0.05, 0) is 30.9 Å². The summed E-state index contributed by atoms with van der Waals surface area (Å²) in [4.78, 5) is 28.6. The van der Waals surface area contributed by atoms with Gasteiger partial charge in [-0.25, -0.2) is 0 Å². The topological polar surface area (TPSA) is 96.7 Å². The maximum atomic E-state index is 12.3. The molecule has 0 aliphatic heterocycles. The highest BCUT2D eigenvalue weighted by molar-refractivity contribution is 5.71. The fourth-order valence-corrected chi connectivity index (χ4v) is 4.05. The van der Waals surface area contributed by atoms with Crippen LogP contribution in [-0.2, 0) is 14.3 Å². The largest absolute Gasteiger partial charge is 0.481 e. The van der Waals surface area contributed by atoms with Crippen LogP contribution in [-0.4, -0.2) is 40.3 Å². The summed E-state index contributed by atoms with van der Waals surface area (Å²) in [7, 11) is 0. The molecule has 4 atom stereocenters. The van der Waals surface area contributed by atoms with E-state index in [4.69, 9.17) is 4.74 Å². The minimum atomic E-state index is -0.925. The van der Waals surface area contributed by atoms with Gasteiger partial charge >= 0.3 is 11.9 Å². The van der Waals surface area contributed by atoms with Gasteiger partial charge in [0.1, 0.15) is 0 Å². The molecule has 0 radical (unpaired) electrons. The molecule has 1 aromatic heterocycles. The second-order valence-electron chi connectivity index (χ2n) is 8.15. The van der Waals surface area contributed by atoms with E-state index < -0.39 is 17.8 Å². The standard InChI is InChI=1S/C24H39NO5/c1-4-6-7-8-9-14-22(27)30-17-20(19(16-26)12-5-2)23(18(3)24(28)29)21-13-10-11-15-25-21/h10-11,13,15,18-20,23,26H,4-9,12,14,16-17H2,1-3H3,(H,28,29). The average Bonchev–Trinajstić information content (AvgIpc) is 2.75. The third-order valence-electron chi connectivity index (χ3n) is 5.84. The smallest absolute Gasteiger partial charge is 0.306 e. The number of unbranched alkanes of at least 4 members (excludes halogenated alkanes) is 4. The van der Waals surface area contributed by atoms with E-state index in [1.165, 1.54) is 6.42 Å². The van der Waals surface area contributed by atoms with E-state index in [0.717, 1.165) is 38.5 Å². The Morgan fingerprint density at radius 1 is 1.10 bits per heavy atom. The van der Waals surface area contributed by atoms with Crippen LogP contribution in [0.4, 0.5) is 0 Å². The molecule has 1 rings (SSSR count). The number of pyridine rings is 1. The van der Waals surface area contributed by atoms with Crippen molar-refractivity contribution in [3.8, 4) is 0 Å². The Kier molecular flexibility index (Phi) is 13.0. The lowest BCUT2D eigenvalue weighted by atomic mass is 9.72. The third kappa shape index (κ3) is 8.82. The molecule has 0 bridgehead atoms. The van der Waals surface area contributed by atoms with E-state index >= 15 is 0 Å². The highest BCUT2D eigenvalue weighted by Gasteiger charge is 2.38. The number of aromatic nitrogens is 1. The molecule has 0 saturated carbocycles. The molecule has 2 N–H and O–H groups in total. The monoisotopic (exact) mass is 421 g/mol. The number of carboxylic acid groups (broad SMARTS) is 1. The number of carbonyl (C=O) groups excluding carboxylic acids is 1. The minimum Gasteiger partial charge on any atom is -0.481 e. The van der Waals surface area contributed by atoms with Crippen molar-refractivity contribution in [1.29, 1.82) is 0 Å². The van der Waals surface area contributed by atoms with E-state index in [-0.39, 0.29) is 31.0 Å². The fourth-order valence-electron chi connectivity index (χ4n) is 4.05. The maximum absolute atomic E-state index is 12.3. The van der Waals surface area contributed by atoms with E-state index in [1.54, 1.807) is 19.2 Å². The van der Waals surface area contributed by atoms with Gasteiger partial charge < -0.3 is 14.9 Å². The number of carbonyl (C=O) groups is 2. The molecule has 0 aliphatic rings. The SMILES string of the molecule is CCCCCCCC(=O)OCC(C(CO)CCC)C(c1ccccn1)C(C)C(=O)O. The Balaban J connectivity index is 2.96. The lowest BCUT2D eigenvalue weighted by molar-refractivity contribution is -0.147. The molecule has 6 heteroatoms. The molecule has 0 fully saturated rings. The summed E-state index contributed by atoms with van der Waals surface area (Å²) in [5.74, 6) is -2.84. The van der Waals surface area contributed by atoms with Gasteiger partial charge in [0.05, 0.1) is 12.5 Å². The van der Waals surface area contributed by atoms with Crippen molar-refractivity contribution >= 4 is 11.9 Å². The first-order chi connectivity index (χ1) is 14.5. The van der Waals surface area contributed by atoms with Crippen LogP contribution in [0.2, 0.25) is 0 Å². The van der Waals surface area contributed by atoms with Crippen LogP contribution < -0.4 is 0 Å². The number of esters is 1. The van der Waals surface area contributed by atoms with E-state index in [1.807, 2.05) is 19.1 Å². The van der Waals surface area contributed by atoms with Gasteiger partial charge in [0, 0.05) is 36.8 Å². The van der Waals surface area contributed by atoms with Gasteiger partial charge in [0.15, 0.2) is 0 Å². The lowest BCUT2D eigenvalue weighted by Crippen LogP contribution is -2.36. The van der Waals surface area contributed by atoms with Gasteiger partial charge in [-0.15, -0.1) is 0 Å². The number of ether oxygens (including phenoxy) is 1. The Morgan fingerprint density at radius 3 is 2.40 bits per heavy atom. The quantitative estimate of drug-likeness (QED) is 0.293. The molecule has 0 spiro atoms. The number of aliphatic carboxylic acids is 1. The van der Waals surface area contributed by atoms with Crippen molar-refractivity contribution in [1.82, 2.24) is 4.98 Å². The molecule has 0 aromatic carbocycles. The number of rotatable bonds is 16. The molecule has 1 aromatic rings. The molecule has 0 amide bonds.